The molecule has 2 bridgehead atoms. The van der Waals surface area contributed by atoms with E-state index >= 15 is 0 Å². The molecule has 4 aliphatic rings. The number of hydrogen-bond acceptors (Lipinski definition) is 8. The van der Waals surface area contributed by atoms with Crippen molar-refractivity contribution in [2.45, 2.75) is 104 Å². The van der Waals surface area contributed by atoms with Crippen molar-refractivity contribution < 1.29 is 78.4 Å². The van der Waals surface area contributed by atoms with Gasteiger partial charge in [-0.15, -0.1) is 0 Å². The maximum Gasteiger partial charge on any atom is 0.337 e. The zero-order chi connectivity index (χ0) is 26.5. The average Bonchev–Trinajstić information content (AvgIpc) is 2.76. The van der Waals surface area contributed by atoms with Gasteiger partial charge in [0.05, 0.1) is 18.3 Å². The van der Waals surface area contributed by atoms with Crippen molar-refractivity contribution in [2.75, 3.05) is 6.61 Å². The summed E-state index contributed by atoms with van der Waals surface area (Å²) in [4.78, 5) is 27.0. The molecule has 11 atom stereocenters. The summed E-state index contributed by atoms with van der Waals surface area (Å²) < 4.78 is 11.5. The first-order chi connectivity index (χ1) is 16.0. The van der Waals surface area contributed by atoms with Crippen LogP contribution in [0.5, 0.6) is 0 Å². The van der Waals surface area contributed by atoms with E-state index in [1.807, 2.05) is 48.5 Å². The molecule has 1 aliphatic heterocycles. The number of esters is 1. The first kappa shape index (κ1) is 30.7. The quantitative estimate of drug-likeness (QED) is 0.256. The first-order valence-corrected chi connectivity index (χ1v) is 12.9. The van der Waals surface area contributed by atoms with E-state index in [9.17, 15) is 24.9 Å². The van der Waals surface area contributed by atoms with Crippen LogP contribution in [0.1, 0.15) is 68.2 Å². The van der Waals surface area contributed by atoms with E-state index in [-0.39, 0.29) is 74.9 Å². The Hall–Kier alpha value is 0.122. The Morgan fingerprint density at radius 2 is 1.78 bits per heavy atom. The van der Waals surface area contributed by atoms with Crippen molar-refractivity contribution in [3.05, 3.63) is 11.1 Å². The average molecular weight is 721 g/mol. The molecular weight excluding hydrogens is 677 g/mol. The SMILES string of the molecule is CC1=C2[C@@H](C)C(=O)[C@@]3(C)[C@H]([C@H](C)[C@](O)(C[C@@H]1OC(=O)[C@H](O)[C@H](C)N)C2(C)C)[C@]1(O)CO[C@@H]1C[C@@H]3C.[Ac]. The van der Waals surface area contributed by atoms with Gasteiger partial charge in [-0.1, -0.05) is 41.5 Å². The van der Waals surface area contributed by atoms with Crippen LogP contribution in [0.15, 0.2) is 11.1 Å². The van der Waals surface area contributed by atoms with Crippen LogP contribution >= 0.6 is 0 Å². The van der Waals surface area contributed by atoms with E-state index in [2.05, 4.69) is 0 Å². The van der Waals surface area contributed by atoms with Gasteiger partial charge in [0.2, 0.25) is 0 Å². The van der Waals surface area contributed by atoms with Gasteiger partial charge < -0.3 is 30.5 Å². The third-order valence-electron chi connectivity index (χ3n) is 10.6. The minimum Gasteiger partial charge on any atom is -0.456 e. The van der Waals surface area contributed by atoms with Gasteiger partial charge in [0.1, 0.15) is 17.5 Å². The molecule has 4 rings (SSSR count). The molecule has 36 heavy (non-hydrogen) atoms. The molecule has 0 unspecified atom stereocenters. The van der Waals surface area contributed by atoms with Crippen molar-refractivity contribution in [1.82, 2.24) is 0 Å². The molecular formula is C27H43AcNO7. The molecule has 8 nitrogen and oxygen atoms in total. The van der Waals surface area contributed by atoms with Gasteiger partial charge in [-0.25, -0.2) is 4.79 Å². The molecule has 1 radical (unpaired) electrons. The van der Waals surface area contributed by atoms with Crippen LogP contribution in [-0.2, 0) is 19.1 Å². The van der Waals surface area contributed by atoms with E-state index < -0.39 is 64.0 Å². The molecule has 1 saturated heterocycles. The van der Waals surface area contributed by atoms with Crippen LogP contribution in [0.4, 0.5) is 0 Å². The van der Waals surface area contributed by atoms with Crippen LogP contribution < -0.4 is 5.73 Å². The summed E-state index contributed by atoms with van der Waals surface area (Å²) in [5.74, 6) is -2.47. The molecule has 3 fully saturated rings. The monoisotopic (exact) mass is 720 g/mol. The maximum absolute atomic E-state index is 14.4. The predicted octanol–water partition coefficient (Wildman–Crippen LogP) is 1.73. The zero-order valence-corrected chi connectivity index (χ0v) is 27.6. The molecule has 2 saturated carbocycles. The normalized spacial score (nSPS) is 47.2. The van der Waals surface area contributed by atoms with Gasteiger partial charge in [-0.3, -0.25) is 4.79 Å². The number of aliphatic hydroxyl groups excluding tert-OH is 1. The predicted molar refractivity (Wildman–Crippen MR) is 129 cm³/mol. The third kappa shape index (κ3) is 3.89. The molecule has 0 amide bonds. The van der Waals surface area contributed by atoms with E-state index in [0.29, 0.717) is 6.42 Å². The zero-order valence-electron chi connectivity index (χ0n) is 22.9. The van der Waals surface area contributed by atoms with E-state index in [4.69, 9.17) is 15.2 Å². The number of carbonyl (C=O) groups is 2. The standard InChI is InChI=1S/C27H43NO7.Ac/c1-12-9-18-26(32,11-34-18)21-15(4)27(33)10-17(35-23(31)20(29)16(5)28)13(2)19(24(27,6)7)14(3)22(30)25(12,21)8;/h12,14-18,20-21,29,32-33H,9-11,28H2,1-8H3;/t12-,14+,15-,16-,17-,18+,20+,21-,25+,26-,27+;/m0./s1. The fourth-order valence-electron chi connectivity index (χ4n) is 8.33. The number of fused-ring (bicyclic) bond motifs is 5. The number of ketones is 1. The largest absolute Gasteiger partial charge is 0.456 e. The first-order valence-electron chi connectivity index (χ1n) is 12.9. The molecule has 9 heteroatoms. The van der Waals surface area contributed by atoms with E-state index in [0.717, 1.165) is 11.1 Å². The van der Waals surface area contributed by atoms with Crippen molar-refractivity contribution >= 4 is 11.8 Å². The van der Waals surface area contributed by atoms with Gasteiger partial charge in [0, 0.05) is 79.2 Å². The smallest absolute Gasteiger partial charge is 0.337 e. The van der Waals surface area contributed by atoms with Gasteiger partial charge in [0.25, 0.3) is 0 Å². The van der Waals surface area contributed by atoms with E-state index in [1.165, 1.54) is 6.92 Å². The molecule has 0 spiro atoms. The van der Waals surface area contributed by atoms with Gasteiger partial charge in [-0.05, 0) is 43.3 Å². The number of Topliss-reactive ketones (excluding diaryl/α,β-unsaturated/α-hetero) is 1. The van der Waals surface area contributed by atoms with Crippen LogP contribution in [-0.4, -0.2) is 69.2 Å². The summed E-state index contributed by atoms with van der Waals surface area (Å²) >= 11 is 0. The Balaban J connectivity index is 0.00000361. The van der Waals surface area contributed by atoms with Crippen LogP contribution in [0.25, 0.3) is 0 Å². The second kappa shape index (κ2) is 9.64. The third-order valence-corrected chi connectivity index (χ3v) is 10.6. The van der Waals surface area contributed by atoms with Crippen LogP contribution in [0.3, 0.4) is 0 Å². The fraction of sp³-hybridized carbons (Fsp3) is 0.852. The summed E-state index contributed by atoms with van der Waals surface area (Å²) in [5, 5.41) is 34.6. The van der Waals surface area contributed by atoms with E-state index in [1.54, 1.807) is 0 Å². The van der Waals surface area contributed by atoms with Crippen molar-refractivity contribution in [1.29, 1.82) is 0 Å². The minimum absolute atomic E-state index is 0. The molecule has 3 aliphatic carbocycles. The van der Waals surface area contributed by atoms with Crippen LogP contribution in [0, 0.1) is 78.6 Å². The Morgan fingerprint density at radius 3 is 2.28 bits per heavy atom. The second-order valence-corrected chi connectivity index (χ2v) is 12.6. The topological polar surface area (TPSA) is 139 Å². The Bertz CT molecular complexity index is 966. The van der Waals surface area contributed by atoms with Gasteiger partial charge in [-0.2, -0.15) is 0 Å². The van der Waals surface area contributed by atoms with Crippen molar-refractivity contribution in [2.24, 2.45) is 40.2 Å². The van der Waals surface area contributed by atoms with Gasteiger partial charge >= 0.3 is 5.97 Å². The summed E-state index contributed by atoms with van der Waals surface area (Å²) in [6.07, 6.45) is -2.01. The summed E-state index contributed by atoms with van der Waals surface area (Å²) in [5.41, 5.74) is 2.89. The number of ether oxygens (including phenoxy) is 2. The van der Waals surface area contributed by atoms with Crippen LogP contribution in [0.2, 0.25) is 0 Å². The molecule has 0 aromatic rings. The molecule has 1 heterocycles. The minimum atomic E-state index is -1.49. The molecule has 0 aromatic carbocycles. The number of nitrogens with two attached hydrogens (primary N) is 1. The number of rotatable bonds is 3. The number of hydrogen-bond donors (Lipinski definition) is 4. The number of aliphatic hydroxyl groups is 3. The maximum atomic E-state index is 14.4. The molecule has 0 aromatic heterocycles. The Labute approximate surface area is 250 Å². The Kier molecular flexibility index (Phi) is 8.21. The number of carbonyl (C=O) groups excluding carboxylic acids is 2. The second-order valence-electron chi connectivity index (χ2n) is 12.6. The Morgan fingerprint density at radius 1 is 1.19 bits per heavy atom. The van der Waals surface area contributed by atoms with Crippen molar-refractivity contribution in [3.63, 3.8) is 0 Å². The van der Waals surface area contributed by atoms with Crippen molar-refractivity contribution in [3.8, 4) is 0 Å². The summed E-state index contributed by atoms with van der Waals surface area (Å²) in [6, 6.07) is -0.808. The summed E-state index contributed by atoms with van der Waals surface area (Å²) in [7, 11) is 0. The molecule has 5 N–H and O–H groups in total. The van der Waals surface area contributed by atoms with Gasteiger partial charge in [0.15, 0.2) is 6.10 Å². The summed E-state index contributed by atoms with van der Waals surface area (Å²) in [6.45, 7) is 15.1. The molecule has 201 valence electrons. The fourth-order valence-corrected chi connectivity index (χ4v) is 8.33.